The van der Waals surface area contributed by atoms with E-state index in [-0.39, 0.29) is 6.77 Å². The molecule has 1 aliphatic heterocycles. The average Bonchev–Trinajstić information content (AvgIpc) is 2.36. The highest BCUT2D eigenvalue weighted by atomic mass is 79.9. The number of hydrogen-bond donors (Lipinski definition) is 1. The van der Waals surface area contributed by atoms with Gasteiger partial charge in [0.15, 0.2) is 0 Å². The fraction of sp³-hybridized carbons (Fsp3) is 0. The van der Waals surface area contributed by atoms with Gasteiger partial charge in [0.2, 0.25) is 0 Å². The quantitative estimate of drug-likeness (QED) is 0.685. The molecule has 0 amide bonds. The van der Waals surface area contributed by atoms with E-state index in [9.17, 15) is 0 Å². The molecule has 5 heteroatoms. The highest BCUT2D eigenvalue weighted by molar-refractivity contribution is 9.40. The standard InChI is InChI=1S/C5H4BrN2PS/c6-9-5-4(1-2-10-5)7-3-8-9/h1-3H,(H,7,8). The molecule has 2 nitrogen and oxygen atoms in total. The average molecular weight is 235 g/mol. The van der Waals surface area contributed by atoms with E-state index in [0.717, 1.165) is 5.69 Å². The topological polar surface area (TPSA) is 24.4 Å². The second-order valence-electron chi connectivity index (χ2n) is 1.78. The number of rotatable bonds is 0. The number of thiophene rings is 1. The summed E-state index contributed by atoms with van der Waals surface area (Å²) in [6.07, 6.45) is 1.75. The van der Waals surface area contributed by atoms with Crippen LogP contribution in [0.3, 0.4) is 0 Å². The molecule has 1 unspecified atom stereocenters. The summed E-state index contributed by atoms with van der Waals surface area (Å²) in [6.45, 7) is -0.339. The zero-order chi connectivity index (χ0) is 6.97. The summed E-state index contributed by atoms with van der Waals surface area (Å²) in [6, 6.07) is 2.04. The molecule has 0 saturated carbocycles. The second kappa shape index (κ2) is 2.61. The summed E-state index contributed by atoms with van der Waals surface area (Å²) in [5.41, 5.74) is 1.10. The van der Waals surface area contributed by atoms with Crippen molar-refractivity contribution >= 4 is 50.2 Å². The van der Waals surface area contributed by atoms with E-state index in [0.29, 0.717) is 0 Å². The molecule has 1 N–H and O–H groups in total. The van der Waals surface area contributed by atoms with Crippen molar-refractivity contribution in [2.75, 3.05) is 0 Å². The van der Waals surface area contributed by atoms with Gasteiger partial charge in [-0.05, 0) is 26.9 Å². The Morgan fingerprint density at radius 1 is 1.70 bits per heavy atom. The molecule has 1 atom stereocenters. The highest BCUT2D eigenvalue weighted by Crippen LogP contribution is 2.44. The van der Waals surface area contributed by atoms with Crippen LogP contribution in [-0.4, -0.2) is 6.34 Å². The Morgan fingerprint density at radius 2 is 2.60 bits per heavy atom. The van der Waals surface area contributed by atoms with E-state index in [4.69, 9.17) is 0 Å². The monoisotopic (exact) mass is 234 g/mol. The number of nitrogens with zero attached hydrogens (tertiary/aromatic N) is 1. The van der Waals surface area contributed by atoms with Crippen LogP contribution in [0.25, 0.3) is 0 Å². The third-order valence-corrected chi connectivity index (χ3v) is 6.06. The molecular formula is C5H4BrN2PS. The van der Waals surface area contributed by atoms with E-state index in [1.165, 1.54) is 4.62 Å². The minimum Gasteiger partial charge on any atom is -0.342 e. The van der Waals surface area contributed by atoms with Crippen molar-refractivity contribution in [2.45, 2.75) is 0 Å². The van der Waals surface area contributed by atoms with Gasteiger partial charge in [-0.15, -0.1) is 11.3 Å². The van der Waals surface area contributed by atoms with Crippen LogP contribution in [-0.2, 0) is 0 Å². The van der Waals surface area contributed by atoms with Crippen molar-refractivity contribution in [2.24, 2.45) is 4.99 Å². The largest absolute Gasteiger partial charge is 0.342 e. The molecule has 1 aromatic heterocycles. The normalized spacial score (nSPS) is 21.9. The molecule has 0 spiro atoms. The van der Waals surface area contributed by atoms with Crippen LogP contribution in [0.2, 0.25) is 0 Å². The first-order valence-corrected chi connectivity index (χ1v) is 6.94. The number of aliphatic imine (C=N–C) groups is 1. The van der Waals surface area contributed by atoms with Gasteiger partial charge in [0.05, 0.1) is 16.6 Å². The van der Waals surface area contributed by atoms with Gasteiger partial charge in [-0.3, -0.25) is 0 Å². The predicted octanol–water partition coefficient (Wildman–Crippen LogP) is 2.34. The SMILES string of the molecule is BrP1NC=Nc2ccsc21. The van der Waals surface area contributed by atoms with Crippen LogP contribution in [0, 0.1) is 0 Å². The molecule has 52 valence electrons. The molecule has 1 aromatic rings. The first-order valence-electron chi connectivity index (χ1n) is 2.70. The predicted molar refractivity (Wildman–Crippen MR) is 51.1 cm³/mol. The maximum Gasteiger partial charge on any atom is 0.105 e. The van der Waals surface area contributed by atoms with Crippen LogP contribution < -0.4 is 9.71 Å². The number of hydrogen-bond acceptors (Lipinski definition) is 3. The van der Waals surface area contributed by atoms with Gasteiger partial charge in [0.25, 0.3) is 0 Å². The summed E-state index contributed by atoms with van der Waals surface area (Å²) in [5.74, 6) is 0. The summed E-state index contributed by atoms with van der Waals surface area (Å²) in [5, 5.41) is 5.19. The fourth-order valence-electron chi connectivity index (χ4n) is 0.747. The molecule has 0 fully saturated rings. The lowest BCUT2D eigenvalue weighted by molar-refractivity contribution is 1.48. The molecule has 2 rings (SSSR count). The van der Waals surface area contributed by atoms with Crippen molar-refractivity contribution in [1.82, 2.24) is 5.09 Å². The Bertz CT molecular complexity index is 272. The molecule has 0 aliphatic carbocycles. The Morgan fingerprint density at radius 3 is 3.40 bits per heavy atom. The van der Waals surface area contributed by atoms with Gasteiger partial charge in [-0.2, -0.15) is 0 Å². The van der Waals surface area contributed by atoms with E-state index >= 15 is 0 Å². The Balaban J connectivity index is 2.52. The minimum absolute atomic E-state index is 0.339. The fourth-order valence-corrected chi connectivity index (χ4v) is 4.21. The van der Waals surface area contributed by atoms with Gasteiger partial charge in [-0.25, -0.2) is 4.99 Å². The van der Waals surface area contributed by atoms with Gasteiger partial charge in [0.1, 0.15) is 6.77 Å². The minimum atomic E-state index is -0.339. The first-order chi connectivity index (χ1) is 4.88. The molecule has 0 saturated heterocycles. The molecule has 2 heterocycles. The number of fused-ring (bicyclic) bond motifs is 1. The smallest absolute Gasteiger partial charge is 0.105 e. The zero-order valence-corrected chi connectivity index (χ0v) is 8.21. The Kier molecular flexibility index (Phi) is 1.76. The van der Waals surface area contributed by atoms with Crippen LogP contribution in [0.5, 0.6) is 0 Å². The van der Waals surface area contributed by atoms with Gasteiger partial charge >= 0.3 is 0 Å². The lowest BCUT2D eigenvalue weighted by Gasteiger charge is -2.11. The van der Waals surface area contributed by atoms with Crippen LogP contribution >= 0.6 is 33.6 Å². The zero-order valence-electron chi connectivity index (χ0n) is 4.91. The van der Waals surface area contributed by atoms with Crippen LogP contribution in [0.4, 0.5) is 5.69 Å². The van der Waals surface area contributed by atoms with Gasteiger partial charge in [0, 0.05) is 0 Å². The number of halogens is 1. The van der Waals surface area contributed by atoms with Crippen molar-refractivity contribution < 1.29 is 0 Å². The maximum absolute atomic E-state index is 4.16. The van der Waals surface area contributed by atoms with Crippen molar-refractivity contribution in [3.05, 3.63) is 11.4 Å². The van der Waals surface area contributed by atoms with Gasteiger partial charge < -0.3 is 5.09 Å². The third-order valence-electron chi connectivity index (χ3n) is 1.18. The Labute approximate surface area is 71.9 Å². The summed E-state index contributed by atoms with van der Waals surface area (Å²) in [4.78, 5) is 4.16. The molecular weight excluding hydrogens is 231 g/mol. The van der Waals surface area contributed by atoms with Crippen molar-refractivity contribution in [1.29, 1.82) is 0 Å². The molecule has 0 radical (unpaired) electrons. The maximum atomic E-state index is 4.16. The van der Waals surface area contributed by atoms with Crippen molar-refractivity contribution in [3.8, 4) is 0 Å². The van der Waals surface area contributed by atoms with E-state index < -0.39 is 0 Å². The highest BCUT2D eigenvalue weighted by Gasteiger charge is 2.15. The summed E-state index contributed by atoms with van der Waals surface area (Å²) >= 11 is 5.28. The van der Waals surface area contributed by atoms with Crippen molar-refractivity contribution in [3.63, 3.8) is 0 Å². The number of nitrogens with one attached hydrogen (secondary N) is 1. The molecule has 0 aromatic carbocycles. The first kappa shape index (κ1) is 6.77. The summed E-state index contributed by atoms with van der Waals surface area (Å²) < 4.78 is 1.32. The second-order valence-corrected chi connectivity index (χ2v) is 6.39. The van der Waals surface area contributed by atoms with Crippen LogP contribution in [0.1, 0.15) is 0 Å². The third kappa shape index (κ3) is 1.00. The van der Waals surface area contributed by atoms with Gasteiger partial charge in [-0.1, -0.05) is 0 Å². The van der Waals surface area contributed by atoms with Crippen LogP contribution in [0.15, 0.2) is 16.4 Å². The van der Waals surface area contributed by atoms with E-state index in [2.05, 4.69) is 30.9 Å². The van der Waals surface area contributed by atoms with E-state index in [1.54, 1.807) is 17.7 Å². The molecule has 0 bridgehead atoms. The summed E-state index contributed by atoms with van der Waals surface area (Å²) in [7, 11) is 0. The Hall–Kier alpha value is 0.0800. The lowest BCUT2D eigenvalue weighted by Crippen LogP contribution is -2.11. The lowest BCUT2D eigenvalue weighted by atomic mass is 10.5. The van der Waals surface area contributed by atoms with E-state index in [1.807, 2.05) is 6.07 Å². The molecule has 1 aliphatic rings. The molecule has 10 heavy (non-hydrogen) atoms.